The Hall–Kier alpha value is -2.00. The van der Waals surface area contributed by atoms with E-state index in [0.29, 0.717) is 18.7 Å². The van der Waals surface area contributed by atoms with Crippen molar-refractivity contribution >= 4 is 56.8 Å². The molecular weight excluding hydrogens is 478 g/mol. The molecule has 1 heterocycles. The van der Waals surface area contributed by atoms with Crippen LogP contribution in [-0.2, 0) is 4.79 Å². The Morgan fingerprint density at radius 3 is 2.39 bits per heavy atom. The summed E-state index contributed by atoms with van der Waals surface area (Å²) in [5.74, 6) is 2.37. The van der Waals surface area contributed by atoms with E-state index in [0.717, 1.165) is 51.4 Å². The van der Waals surface area contributed by atoms with Crippen LogP contribution in [0.2, 0.25) is 0 Å². The molecule has 1 amide bonds. The first-order valence-electron chi connectivity index (χ1n) is 10.8. The highest BCUT2D eigenvalue weighted by molar-refractivity contribution is 7.99. The number of thioether (sulfide) groups is 1. The van der Waals surface area contributed by atoms with Crippen LogP contribution in [0.4, 0.5) is 5.13 Å². The van der Waals surface area contributed by atoms with Crippen molar-refractivity contribution in [1.29, 1.82) is 0 Å². The molecule has 0 aliphatic carbocycles. The summed E-state index contributed by atoms with van der Waals surface area (Å²) in [6, 6.07) is 13.8. The van der Waals surface area contributed by atoms with Crippen molar-refractivity contribution in [3.63, 3.8) is 0 Å². The minimum absolute atomic E-state index is 0. The van der Waals surface area contributed by atoms with Crippen molar-refractivity contribution in [2.24, 2.45) is 0 Å². The van der Waals surface area contributed by atoms with Gasteiger partial charge in [0.05, 0.1) is 18.9 Å². The zero-order valence-corrected chi connectivity index (χ0v) is 22.0. The van der Waals surface area contributed by atoms with Crippen LogP contribution in [0.15, 0.2) is 47.4 Å². The predicted octanol–water partition coefficient (Wildman–Crippen LogP) is 5.59. The third-order valence-corrected chi connectivity index (χ3v) is 7.36. The number of carbonyl (C=O) groups excluding carboxylic acids is 1. The van der Waals surface area contributed by atoms with Crippen LogP contribution >= 0.6 is 35.5 Å². The van der Waals surface area contributed by atoms with Crippen LogP contribution in [0.3, 0.4) is 0 Å². The Morgan fingerprint density at radius 1 is 1.03 bits per heavy atom. The van der Waals surface area contributed by atoms with Gasteiger partial charge in [0, 0.05) is 30.2 Å². The number of anilines is 1. The van der Waals surface area contributed by atoms with Gasteiger partial charge in [-0.2, -0.15) is 0 Å². The Morgan fingerprint density at radius 2 is 1.76 bits per heavy atom. The molecule has 33 heavy (non-hydrogen) atoms. The maximum atomic E-state index is 13.3. The zero-order chi connectivity index (χ0) is 22.9. The van der Waals surface area contributed by atoms with Crippen LogP contribution in [0, 0.1) is 0 Å². The number of hydrogen-bond donors (Lipinski definition) is 0. The molecule has 2 aromatic carbocycles. The highest BCUT2D eigenvalue weighted by Crippen LogP contribution is 2.34. The second kappa shape index (κ2) is 13.6. The maximum Gasteiger partial charge on any atom is 0.229 e. The molecule has 0 unspecified atom stereocenters. The molecule has 0 spiro atoms. The lowest BCUT2D eigenvalue weighted by Gasteiger charge is -2.24. The van der Waals surface area contributed by atoms with Crippen molar-refractivity contribution in [2.45, 2.75) is 25.2 Å². The van der Waals surface area contributed by atoms with Gasteiger partial charge in [0.15, 0.2) is 5.13 Å². The first-order valence-corrected chi connectivity index (χ1v) is 12.6. The topological polar surface area (TPSA) is 54.9 Å². The number of hydrogen-bond acceptors (Lipinski definition) is 7. The summed E-state index contributed by atoms with van der Waals surface area (Å²) in [5.41, 5.74) is 0.809. The number of aromatic nitrogens is 1. The fourth-order valence-corrected chi connectivity index (χ4v) is 5.23. The number of methoxy groups -OCH3 is 2. The fraction of sp³-hybridized carbons (Fsp3) is 0.417. The van der Waals surface area contributed by atoms with Gasteiger partial charge in [-0.25, -0.2) is 4.98 Å². The van der Waals surface area contributed by atoms with Gasteiger partial charge in [-0.05, 0) is 49.5 Å². The molecular formula is C24H32ClN3O3S2. The van der Waals surface area contributed by atoms with Crippen LogP contribution < -0.4 is 14.4 Å². The first-order chi connectivity index (χ1) is 15.6. The molecule has 6 nitrogen and oxygen atoms in total. The van der Waals surface area contributed by atoms with Gasteiger partial charge in [0.25, 0.3) is 0 Å². The molecule has 0 bridgehead atoms. The summed E-state index contributed by atoms with van der Waals surface area (Å²) in [6.45, 7) is 7.64. The third kappa shape index (κ3) is 7.24. The number of carbonyl (C=O) groups is 1. The summed E-state index contributed by atoms with van der Waals surface area (Å²) in [6.07, 6.45) is 0.446. The van der Waals surface area contributed by atoms with Crippen LogP contribution in [0.1, 0.15) is 20.3 Å². The van der Waals surface area contributed by atoms with Gasteiger partial charge < -0.3 is 14.4 Å². The van der Waals surface area contributed by atoms with E-state index < -0.39 is 0 Å². The fourth-order valence-electron chi connectivity index (χ4n) is 3.36. The van der Waals surface area contributed by atoms with Crippen molar-refractivity contribution in [1.82, 2.24) is 9.88 Å². The lowest BCUT2D eigenvalue weighted by molar-refractivity contribution is -0.118. The molecule has 0 radical (unpaired) electrons. The smallest absolute Gasteiger partial charge is 0.229 e. The standard InChI is InChI=1S/C24H31N3O3S2.ClH/c1-5-26(6-2)15-16-27(24-25-23-20(30-4)8-7-9-21(23)32-24)22(28)14-17-31-19-12-10-18(29-3)11-13-19;/h7-13H,5-6,14-17H2,1-4H3;1H. The quantitative estimate of drug-likeness (QED) is 0.296. The van der Waals surface area contributed by atoms with E-state index in [2.05, 4.69) is 18.7 Å². The SMILES string of the molecule is CCN(CC)CCN(C(=O)CCSc1ccc(OC)cc1)c1nc2c(OC)cccc2s1.Cl. The van der Waals surface area contributed by atoms with E-state index in [-0.39, 0.29) is 18.3 Å². The minimum Gasteiger partial charge on any atom is -0.497 e. The van der Waals surface area contributed by atoms with E-state index in [1.54, 1.807) is 26.0 Å². The maximum absolute atomic E-state index is 13.3. The summed E-state index contributed by atoms with van der Waals surface area (Å²) < 4.78 is 11.7. The number of nitrogens with zero attached hydrogens (tertiary/aromatic N) is 3. The van der Waals surface area contributed by atoms with E-state index in [4.69, 9.17) is 14.5 Å². The van der Waals surface area contributed by atoms with Crippen LogP contribution in [-0.4, -0.2) is 61.9 Å². The second-order valence-electron chi connectivity index (χ2n) is 7.15. The van der Waals surface area contributed by atoms with Crippen molar-refractivity contribution in [2.75, 3.05) is 51.1 Å². The van der Waals surface area contributed by atoms with E-state index in [9.17, 15) is 4.79 Å². The van der Waals surface area contributed by atoms with Crippen LogP contribution in [0.5, 0.6) is 11.5 Å². The molecule has 0 saturated carbocycles. The number of likely N-dealkylation sites (N-methyl/N-ethyl adjacent to an activating group) is 1. The summed E-state index contributed by atoms with van der Waals surface area (Å²) in [5, 5.41) is 0.733. The summed E-state index contributed by atoms with van der Waals surface area (Å²) >= 11 is 3.21. The molecule has 0 fully saturated rings. The zero-order valence-electron chi connectivity index (χ0n) is 19.6. The molecule has 180 valence electrons. The summed E-state index contributed by atoms with van der Waals surface area (Å²) in [7, 11) is 3.30. The largest absolute Gasteiger partial charge is 0.497 e. The molecule has 0 N–H and O–H groups in total. The van der Waals surface area contributed by atoms with E-state index in [1.165, 1.54) is 11.3 Å². The normalized spacial score (nSPS) is 10.8. The van der Waals surface area contributed by atoms with Gasteiger partial charge in [0.1, 0.15) is 17.0 Å². The average molecular weight is 510 g/mol. The Kier molecular flexibility index (Phi) is 11.3. The van der Waals surface area contributed by atoms with E-state index in [1.807, 2.05) is 47.4 Å². The number of fused-ring (bicyclic) bond motifs is 1. The molecule has 3 rings (SSSR count). The van der Waals surface area contributed by atoms with Gasteiger partial charge in [-0.15, -0.1) is 24.2 Å². The monoisotopic (exact) mass is 509 g/mol. The number of ether oxygens (including phenoxy) is 2. The van der Waals surface area contributed by atoms with Crippen molar-refractivity contribution < 1.29 is 14.3 Å². The van der Waals surface area contributed by atoms with Gasteiger partial charge >= 0.3 is 0 Å². The number of thiazole rings is 1. The number of para-hydroxylation sites is 1. The molecule has 0 saturated heterocycles. The summed E-state index contributed by atoms with van der Waals surface area (Å²) in [4.78, 5) is 23.3. The minimum atomic E-state index is 0. The highest BCUT2D eigenvalue weighted by Gasteiger charge is 2.21. The molecule has 0 atom stereocenters. The van der Waals surface area contributed by atoms with Crippen molar-refractivity contribution in [3.8, 4) is 11.5 Å². The number of rotatable bonds is 12. The molecule has 3 aromatic rings. The lowest BCUT2D eigenvalue weighted by atomic mass is 10.3. The second-order valence-corrected chi connectivity index (χ2v) is 9.33. The first kappa shape index (κ1) is 27.2. The molecule has 0 aliphatic heterocycles. The van der Waals surface area contributed by atoms with Gasteiger partial charge in [-0.3, -0.25) is 9.69 Å². The predicted molar refractivity (Wildman–Crippen MR) is 142 cm³/mol. The van der Waals surface area contributed by atoms with Gasteiger partial charge in [0.2, 0.25) is 5.91 Å². The third-order valence-electron chi connectivity index (χ3n) is 5.30. The number of benzene rings is 2. The molecule has 1 aromatic heterocycles. The Bertz CT molecular complexity index is 1010. The Balaban J connectivity index is 0.00000385. The highest BCUT2D eigenvalue weighted by atomic mass is 35.5. The molecule has 0 aliphatic rings. The van der Waals surface area contributed by atoms with Crippen LogP contribution in [0.25, 0.3) is 10.2 Å². The lowest BCUT2D eigenvalue weighted by Crippen LogP contribution is -2.39. The van der Waals surface area contributed by atoms with Crippen molar-refractivity contribution in [3.05, 3.63) is 42.5 Å². The Labute approximate surface area is 210 Å². The van der Waals surface area contributed by atoms with E-state index >= 15 is 0 Å². The number of amides is 1. The van der Waals surface area contributed by atoms with Gasteiger partial charge in [-0.1, -0.05) is 31.3 Å². The number of halogens is 1. The molecule has 9 heteroatoms. The average Bonchev–Trinajstić information content (AvgIpc) is 3.26.